The van der Waals surface area contributed by atoms with Crippen molar-refractivity contribution in [2.45, 2.75) is 37.5 Å². The van der Waals surface area contributed by atoms with Gasteiger partial charge in [-0.25, -0.2) is 0 Å². The molecule has 1 aliphatic rings. The Morgan fingerprint density at radius 2 is 1.96 bits per heavy atom. The topological polar surface area (TPSA) is 45.7 Å². The van der Waals surface area contributed by atoms with Crippen molar-refractivity contribution in [2.24, 2.45) is 4.99 Å². The Balaban J connectivity index is 0.00000312. The molecule has 0 spiro atoms. The Morgan fingerprint density at radius 3 is 2.52 bits per heavy atom. The zero-order chi connectivity index (χ0) is 17.4. The zero-order valence-electron chi connectivity index (χ0n) is 15.2. The Morgan fingerprint density at radius 1 is 1.32 bits per heavy atom. The number of aliphatic imine (C=N–C) groups is 1. The minimum atomic E-state index is 0. The molecule has 1 atom stereocenters. The molecule has 1 fully saturated rings. The van der Waals surface area contributed by atoms with E-state index in [0.717, 1.165) is 50.1 Å². The van der Waals surface area contributed by atoms with Gasteiger partial charge in [0.1, 0.15) is 0 Å². The van der Waals surface area contributed by atoms with Crippen LogP contribution < -0.4 is 10.6 Å². The number of thioether (sulfide) groups is 1. The van der Waals surface area contributed by atoms with Crippen LogP contribution in [-0.4, -0.2) is 43.3 Å². The van der Waals surface area contributed by atoms with Crippen molar-refractivity contribution in [3.8, 4) is 0 Å². The van der Waals surface area contributed by atoms with E-state index in [2.05, 4.69) is 30.7 Å². The molecule has 7 heteroatoms. The number of nitrogens with zero attached hydrogens (tertiary/aromatic N) is 1. The van der Waals surface area contributed by atoms with Crippen molar-refractivity contribution in [3.63, 3.8) is 0 Å². The zero-order valence-corrected chi connectivity index (χ0v) is 19.1. The van der Waals surface area contributed by atoms with Gasteiger partial charge < -0.3 is 15.4 Å². The van der Waals surface area contributed by atoms with Crippen molar-refractivity contribution < 1.29 is 4.74 Å². The predicted molar refractivity (Wildman–Crippen MR) is 121 cm³/mol. The van der Waals surface area contributed by atoms with Crippen molar-refractivity contribution >= 4 is 53.3 Å². The van der Waals surface area contributed by atoms with Gasteiger partial charge in [0.05, 0.1) is 12.6 Å². The summed E-state index contributed by atoms with van der Waals surface area (Å²) in [5, 5.41) is 7.60. The molecular formula is C18H29ClIN3OS. The van der Waals surface area contributed by atoms with Gasteiger partial charge in [0.2, 0.25) is 0 Å². The summed E-state index contributed by atoms with van der Waals surface area (Å²) in [6.45, 7) is 7.54. The van der Waals surface area contributed by atoms with Gasteiger partial charge >= 0.3 is 0 Å². The summed E-state index contributed by atoms with van der Waals surface area (Å²) in [7, 11) is 0. The summed E-state index contributed by atoms with van der Waals surface area (Å²) in [4.78, 5) is 4.86. The maximum Gasteiger partial charge on any atom is 0.191 e. The van der Waals surface area contributed by atoms with E-state index in [-0.39, 0.29) is 34.8 Å². The van der Waals surface area contributed by atoms with Crippen molar-refractivity contribution in [2.75, 3.05) is 32.6 Å². The van der Waals surface area contributed by atoms with Crippen LogP contribution in [0.15, 0.2) is 29.3 Å². The van der Waals surface area contributed by atoms with E-state index in [1.54, 1.807) is 0 Å². The number of guanidine groups is 1. The molecule has 1 aromatic rings. The van der Waals surface area contributed by atoms with E-state index in [4.69, 9.17) is 21.3 Å². The molecule has 1 unspecified atom stereocenters. The van der Waals surface area contributed by atoms with Crippen LogP contribution in [0.25, 0.3) is 0 Å². The second-order valence-corrected chi connectivity index (χ2v) is 7.82. The quantitative estimate of drug-likeness (QED) is 0.345. The largest absolute Gasteiger partial charge is 0.381 e. The standard InChI is InChI=1S/C18H28ClN3OS.HI/c1-4-20-17(21-13-18(24-3)9-11-23-12-10-18)22-14(2)15-5-7-16(19)8-6-15;/h5-8,14H,4,9-13H2,1-3H3,(H2,20,21,22);1H. The van der Waals surface area contributed by atoms with Gasteiger partial charge in [-0.05, 0) is 50.6 Å². The van der Waals surface area contributed by atoms with Crippen molar-refractivity contribution in [1.29, 1.82) is 0 Å². The maximum atomic E-state index is 5.97. The number of halogens is 2. The molecule has 0 bridgehead atoms. The molecule has 142 valence electrons. The summed E-state index contributed by atoms with van der Waals surface area (Å²) in [5.74, 6) is 0.861. The minimum absolute atomic E-state index is 0. The summed E-state index contributed by atoms with van der Waals surface area (Å²) >= 11 is 7.88. The second kappa shape index (κ2) is 11.5. The van der Waals surface area contributed by atoms with E-state index in [1.165, 1.54) is 5.56 Å². The third kappa shape index (κ3) is 7.15. The molecular weight excluding hydrogens is 469 g/mol. The fourth-order valence-electron chi connectivity index (χ4n) is 2.75. The first-order valence-electron chi connectivity index (χ1n) is 8.52. The van der Waals surface area contributed by atoms with Crippen LogP contribution in [-0.2, 0) is 4.74 Å². The fraction of sp³-hybridized carbons (Fsp3) is 0.611. The van der Waals surface area contributed by atoms with Crippen LogP contribution in [0.5, 0.6) is 0 Å². The van der Waals surface area contributed by atoms with E-state index in [0.29, 0.717) is 0 Å². The van der Waals surface area contributed by atoms with Crippen LogP contribution in [0.3, 0.4) is 0 Å². The lowest BCUT2D eigenvalue weighted by Crippen LogP contribution is -2.41. The average Bonchev–Trinajstić information content (AvgIpc) is 2.61. The van der Waals surface area contributed by atoms with Crippen LogP contribution in [0.1, 0.15) is 38.3 Å². The normalized spacial score (nSPS) is 18.2. The molecule has 0 amide bonds. The lowest BCUT2D eigenvalue weighted by atomic mass is 9.99. The lowest BCUT2D eigenvalue weighted by Gasteiger charge is -2.34. The summed E-state index contributed by atoms with van der Waals surface area (Å²) in [6.07, 6.45) is 4.30. The molecule has 1 heterocycles. The first kappa shape index (κ1) is 22.9. The molecule has 1 saturated heterocycles. The Bertz CT molecular complexity index is 536. The third-order valence-corrected chi connectivity index (χ3v) is 6.09. The average molecular weight is 498 g/mol. The van der Waals surface area contributed by atoms with Crippen LogP contribution >= 0.6 is 47.3 Å². The van der Waals surface area contributed by atoms with Crippen LogP contribution in [0.2, 0.25) is 5.02 Å². The lowest BCUT2D eigenvalue weighted by molar-refractivity contribution is 0.0794. The van der Waals surface area contributed by atoms with Gasteiger partial charge in [0, 0.05) is 29.5 Å². The highest BCUT2D eigenvalue weighted by Gasteiger charge is 2.31. The Hall–Kier alpha value is -0.180. The van der Waals surface area contributed by atoms with Gasteiger partial charge in [-0.15, -0.1) is 24.0 Å². The second-order valence-electron chi connectivity index (χ2n) is 6.11. The summed E-state index contributed by atoms with van der Waals surface area (Å²) < 4.78 is 5.71. The molecule has 25 heavy (non-hydrogen) atoms. The number of nitrogens with one attached hydrogen (secondary N) is 2. The smallest absolute Gasteiger partial charge is 0.191 e. The highest BCUT2D eigenvalue weighted by Crippen LogP contribution is 2.34. The van der Waals surface area contributed by atoms with Crippen LogP contribution in [0.4, 0.5) is 0 Å². The highest BCUT2D eigenvalue weighted by atomic mass is 127. The molecule has 2 N–H and O–H groups in total. The van der Waals surface area contributed by atoms with Gasteiger partial charge in [-0.3, -0.25) is 4.99 Å². The number of hydrogen-bond acceptors (Lipinski definition) is 3. The third-order valence-electron chi connectivity index (χ3n) is 4.43. The molecule has 0 saturated carbocycles. The fourth-order valence-corrected chi connectivity index (χ4v) is 3.65. The first-order chi connectivity index (χ1) is 11.6. The van der Waals surface area contributed by atoms with E-state index >= 15 is 0 Å². The number of hydrogen-bond donors (Lipinski definition) is 2. The molecule has 0 aromatic heterocycles. The summed E-state index contributed by atoms with van der Waals surface area (Å²) in [5.41, 5.74) is 1.19. The van der Waals surface area contributed by atoms with Gasteiger partial charge in [0.25, 0.3) is 0 Å². The molecule has 2 rings (SSSR count). The van der Waals surface area contributed by atoms with E-state index in [1.807, 2.05) is 36.0 Å². The SMILES string of the molecule is CCNC(=NCC1(SC)CCOCC1)NC(C)c1ccc(Cl)cc1.I. The number of rotatable bonds is 6. The van der Waals surface area contributed by atoms with Crippen molar-refractivity contribution in [3.05, 3.63) is 34.9 Å². The maximum absolute atomic E-state index is 5.97. The Kier molecular flexibility index (Phi) is 10.5. The number of ether oxygens (including phenoxy) is 1. The van der Waals surface area contributed by atoms with Gasteiger partial charge in [-0.1, -0.05) is 23.7 Å². The molecule has 4 nitrogen and oxygen atoms in total. The van der Waals surface area contributed by atoms with E-state index < -0.39 is 0 Å². The molecule has 1 aromatic carbocycles. The minimum Gasteiger partial charge on any atom is -0.381 e. The van der Waals surface area contributed by atoms with Crippen LogP contribution in [0, 0.1) is 0 Å². The van der Waals surface area contributed by atoms with Gasteiger partial charge in [0.15, 0.2) is 5.96 Å². The highest BCUT2D eigenvalue weighted by molar-refractivity contribution is 14.0. The Labute approximate surface area is 177 Å². The molecule has 0 aliphatic carbocycles. The number of benzene rings is 1. The van der Waals surface area contributed by atoms with Crippen molar-refractivity contribution in [1.82, 2.24) is 10.6 Å². The molecule has 0 radical (unpaired) electrons. The first-order valence-corrected chi connectivity index (χ1v) is 10.1. The van der Waals surface area contributed by atoms with Gasteiger partial charge in [-0.2, -0.15) is 11.8 Å². The van der Waals surface area contributed by atoms with E-state index in [9.17, 15) is 0 Å². The molecule has 1 aliphatic heterocycles. The predicted octanol–water partition coefficient (Wildman–Crippen LogP) is 4.49. The summed E-state index contributed by atoms with van der Waals surface area (Å²) in [6, 6.07) is 8.10. The monoisotopic (exact) mass is 497 g/mol.